The van der Waals surface area contributed by atoms with Gasteiger partial charge in [-0.15, -0.1) is 23.7 Å². The third kappa shape index (κ3) is 4.78. The van der Waals surface area contributed by atoms with E-state index in [-0.39, 0.29) is 29.7 Å². The Kier molecular flexibility index (Phi) is 7.20. The second kappa shape index (κ2) is 10.6. The third-order valence-corrected chi connectivity index (χ3v) is 7.27. The summed E-state index contributed by atoms with van der Waals surface area (Å²) in [5.41, 5.74) is 10.8. The zero-order valence-electron chi connectivity index (χ0n) is 20.0. The van der Waals surface area contributed by atoms with Crippen molar-refractivity contribution in [2.24, 2.45) is 5.73 Å². The largest absolute Gasteiger partial charge is 0.366 e. The smallest absolute Gasteiger partial charge is 0.274 e. The molecule has 6 rings (SSSR count). The molecule has 3 N–H and O–H groups in total. The van der Waals surface area contributed by atoms with E-state index in [0.29, 0.717) is 23.3 Å². The van der Waals surface area contributed by atoms with Gasteiger partial charge in [0.05, 0.1) is 34.2 Å². The van der Waals surface area contributed by atoms with Gasteiger partial charge in [-0.25, -0.2) is 23.7 Å². The molecule has 7 nitrogen and oxygen atoms in total. The molecule has 1 fully saturated rings. The fourth-order valence-corrected chi connectivity index (χ4v) is 5.42. The summed E-state index contributed by atoms with van der Waals surface area (Å²) in [6, 6.07) is 12.1. The number of amides is 1. The van der Waals surface area contributed by atoms with E-state index in [1.165, 1.54) is 29.5 Å². The molecule has 5 aromatic rings. The Morgan fingerprint density at radius 3 is 2.68 bits per heavy atom. The molecule has 2 aromatic carbocycles. The second-order valence-electron chi connectivity index (χ2n) is 9.03. The van der Waals surface area contributed by atoms with Crippen LogP contribution >= 0.6 is 23.7 Å². The summed E-state index contributed by atoms with van der Waals surface area (Å²) in [5, 5.41) is 3.69. The Morgan fingerprint density at radius 1 is 1.11 bits per heavy atom. The van der Waals surface area contributed by atoms with E-state index >= 15 is 0 Å². The summed E-state index contributed by atoms with van der Waals surface area (Å²) >= 11 is 1.43. The lowest BCUT2D eigenvalue weighted by atomic mass is 10.0. The summed E-state index contributed by atoms with van der Waals surface area (Å²) in [5.74, 6) is -1.76. The Bertz CT molecular complexity index is 1640. The molecule has 0 spiro atoms. The maximum atomic E-state index is 14.3. The third-order valence-electron chi connectivity index (χ3n) is 6.54. The van der Waals surface area contributed by atoms with E-state index in [1.807, 2.05) is 0 Å². The highest BCUT2D eigenvalue weighted by molar-refractivity contribution is 7.16. The number of piperidine rings is 1. The molecule has 0 saturated carbocycles. The first-order valence-electron chi connectivity index (χ1n) is 11.9. The van der Waals surface area contributed by atoms with Gasteiger partial charge < -0.3 is 16.0 Å². The van der Waals surface area contributed by atoms with Crippen molar-refractivity contribution in [2.45, 2.75) is 18.9 Å². The lowest BCUT2D eigenvalue weighted by molar-refractivity contribution is 0.102. The summed E-state index contributed by atoms with van der Waals surface area (Å²) in [6.07, 6.45) is 3.52. The topological polar surface area (TPSA) is 97.0 Å². The van der Waals surface area contributed by atoms with E-state index < -0.39 is 17.5 Å². The molecule has 0 unspecified atom stereocenters. The van der Waals surface area contributed by atoms with E-state index in [9.17, 15) is 13.6 Å². The zero-order chi connectivity index (χ0) is 25.5. The summed E-state index contributed by atoms with van der Waals surface area (Å²) in [7, 11) is 0. The van der Waals surface area contributed by atoms with Gasteiger partial charge in [0.1, 0.15) is 27.7 Å². The van der Waals surface area contributed by atoms with Crippen molar-refractivity contribution < 1.29 is 13.6 Å². The van der Waals surface area contributed by atoms with E-state index in [0.717, 1.165) is 40.8 Å². The van der Waals surface area contributed by atoms with Crippen molar-refractivity contribution in [1.82, 2.24) is 15.0 Å². The number of halogens is 3. The number of anilines is 2. The van der Waals surface area contributed by atoms with E-state index in [4.69, 9.17) is 5.73 Å². The number of benzene rings is 2. The Morgan fingerprint density at radius 2 is 1.89 bits per heavy atom. The molecule has 3 aromatic heterocycles. The number of rotatable bonds is 4. The highest BCUT2D eigenvalue weighted by Crippen LogP contribution is 2.36. The average Bonchev–Trinajstić information content (AvgIpc) is 3.37. The van der Waals surface area contributed by atoms with Crippen LogP contribution in [0.1, 0.15) is 23.3 Å². The van der Waals surface area contributed by atoms with Gasteiger partial charge in [-0.3, -0.25) is 4.79 Å². The van der Waals surface area contributed by atoms with Crippen LogP contribution in [-0.2, 0) is 0 Å². The van der Waals surface area contributed by atoms with E-state index in [1.54, 1.807) is 42.0 Å². The molecule has 0 radical (unpaired) electrons. The van der Waals surface area contributed by atoms with Crippen LogP contribution in [0, 0.1) is 11.6 Å². The van der Waals surface area contributed by atoms with Gasteiger partial charge in [0.2, 0.25) is 0 Å². The molecule has 38 heavy (non-hydrogen) atoms. The Labute approximate surface area is 227 Å². The SMILES string of the molecule is Cl.N[C@H]1CCCN(c2c(NC(=O)c3ccc4ccc(-c5c(F)cccc5F)cc4n3)cnc3scnc23)C1. The first-order valence-corrected chi connectivity index (χ1v) is 12.7. The first kappa shape index (κ1) is 25.9. The Balaban J connectivity index is 0.00000294. The normalized spacial score (nSPS) is 15.4. The van der Waals surface area contributed by atoms with Gasteiger partial charge in [0.15, 0.2) is 0 Å². The lowest BCUT2D eigenvalue weighted by Gasteiger charge is -2.33. The van der Waals surface area contributed by atoms with Crippen molar-refractivity contribution in [2.75, 3.05) is 23.3 Å². The number of aromatic nitrogens is 3. The highest BCUT2D eigenvalue weighted by atomic mass is 35.5. The number of nitrogens with two attached hydrogens (primary N) is 1. The van der Waals surface area contributed by atoms with Crippen LogP contribution in [-0.4, -0.2) is 40.0 Å². The number of hydrogen-bond donors (Lipinski definition) is 2. The standard InChI is InChI=1S/C27H22F2N6OS.ClH/c28-18-4-1-5-19(29)23(18)16-7-6-15-8-9-20(33-21(15)11-16)26(36)34-22-12-31-27-24(32-14-37-27)25(22)35-10-2-3-17(30)13-35;/h1,4-9,11-12,14,17H,2-3,10,13,30H2,(H,34,36);1H/t17-;/m0./s1. The summed E-state index contributed by atoms with van der Waals surface area (Å²) in [6.45, 7) is 1.46. The molecule has 1 aliphatic heterocycles. The van der Waals surface area contributed by atoms with Gasteiger partial charge in [-0.2, -0.15) is 0 Å². The number of nitrogens with one attached hydrogen (secondary N) is 1. The second-order valence-corrected chi connectivity index (χ2v) is 9.86. The maximum absolute atomic E-state index is 14.3. The number of carbonyl (C=O) groups is 1. The van der Waals surface area contributed by atoms with Crippen LogP contribution in [0.5, 0.6) is 0 Å². The number of fused-ring (bicyclic) bond motifs is 2. The number of nitrogens with zero attached hydrogens (tertiary/aromatic N) is 4. The van der Waals surface area contributed by atoms with Gasteiger partial charge in [0, 0.05) is 24.5 Å². The van der Waals surface area contributed by atoms with Gasteiger partial charge in [-0.05, 0) is 42.7 Å². The van der Waals surface area contributed by atoms with E-state index in [2.05, 4.69) is 25.2 Å². The zero-order valence-corrected chi connectivity index (χ0v) is 21.7. The lowest BCUT2D eigenvalue weighted by Crippen LogP contribution is -2.43. The summed E-state index contributed by atoms with van der Waals surface area (Å²) < 4.78 is 28.7. The molecule has 11 heteroatoms. The number of hydrogen-bond acceptors (Lipinski definition) is 7. The quantitative estimate of drug-likeness (QED) is 0.293. The van der Waals surface area contributed by atoms with Crippen LogP contribution in [0.3, 0.4) is 0 Å². The minimum absolute atomic E-state index is 0. The molecular formula is C27H23ClF2N6OS. The molecule has 0 aliphatic carbocycles. The van der Waals surface area contributed by atoms with Crippen molar-refractivity contribution in [3.8, 4) is 11.1 Å². The molecule has 1 atom stereocenters. The molecule has 194 valence electrons. The predicted octanol–water partition coefficient (Wildman–Crippen LogP) is 5.79. The van der Waals surface area contributed by atoms with Crippen LogP contribution < -0.4 is 16.0 Å². The van der Waals surface area contributed by atoms with Gasteiger partial charge in [-0.1, -0.05) is 24.3 Å². The molecule has 4 heterocycles. The number of pyridine rings is 2. The van der Waals surface area contributed by atoms with Crippen LogP contribution in [0.25, 0.3) is 32.4 Å². The van der Waals surface area contributed by atoms with Crippen molar-refractivity contribution in [3.05, 3.63) is 77.6 Å². The number of thiazole rings is 1. The van der Waals surface area contributed by atoms with Crippen molar-refractivity contribution in [1.29, 1.82) is 0 Å². The number of carbonyl (C=O) groups excluding carboxylic acids is 1. The fourth-order valence-electron chi connectivity index (χ4n) is 4.79. The molecular weight excluding hydrogens is 530 g/mol. The minimum Gasteiger partial charge on any atom is -0.366 e. The first-order chi connectivity index (χ1) is 18.0. The minimum atomic E-state index is -0.664. The van der Waals surface area contributed by atoms with Crippen LogP contribution in [0.2, 0.25) is 0 Å². The summed E-state index contributed by atoms with van der Waals surface area (Å²) in [4.78, 5) is 29.7. The van der Waals surface area contributed by atoms with Crippen molar-refractivity contribution in [3.63, 3.8) is 0 Å². The van der Waals surface area contributed by atoms with Gasteiger partial charge in [0.25, 0.3) is 5.91 Å². The van der Waals surface area contributed by atoms with Crippen LogP contribution in [0.4, 0.5) is 20.2 Å². The maximum Gasteiger partial charge on any atom is 0.274 e. The average molecular weight is 553 g/mol. The van der Waals surface area contributed by atoms with Crippen molar-refractivity contribution >= 4 is 62.3 Å². The van der Waals surface area contributed by atoms with Crippen LogP contribution in [0.15, 0.2) is 60.2 Å². The molecule has 1 amide bonds. The molecule has 1 aliphatic rings. The Hall–Kier alpha value is -3.73. The molecule has 1 saturated heterocycles. The van der Waals surface area contributed by atoms with Gasteiger partial charge >= 0.3 is 0 Å². The monoisotopic (exact) mass is 552 g/mol. The highest BCUT2D eigenvalue weighted by Gasteiger charge is 2.24. The predicted molar refractivity (Wildman–Crippen MR) is 149 cm³/mol. The molecule has 0 bridgehead atoms. The fraction of sp³-hybridized carbons (Fsp3) is 0.185.